The lowest BCUT2D eigenvalue weighted by Crippen LogP contribution is -2.00. The lowest BCUT2D eigenvalue weighted by atomic mass is 10.1. The second-order valence-corrected chi connectivity index (χ2v) is 5.47. The number of rotatable bonds is 4. The normalized spacial score (nSPS) is 10.8. The molecule has 3 nitrogen and oxygen atoms in total. The summed E-state index contributed by atoms with van der Waals surface area (Å²) in [5, 5.41) is 5.40. The Morgan fingerprint density at radius 3 is 2.81 bits per heavy atom. The highest BCUT2D eigenvalue weighted by atomic mass is 35.5. The second-order valence-electron chi connectivity index (χ2n) is 5.04. The monoisotopic (exact) mass is 300 g/mol. The number of H-pyrrole nitrogens is 1. The van der Waals surface area contributed by atoms with Gasteiger partial charge < -0.3 is 15.0 Å². The van der Waals surface area contributed by atoms with Crippen molar-refractivity contribution in [1.82, 2.24) is 4.98 Å². The molecule has 0 amide bonds. The van der Waals surface area contributed by atoms with Crippen LogP contribution in [0.3, 0.4) is 0 Å². The fraction of sp³-hybridized carbons (Fsp3) is 0.176. The van der Waals surface area contributed by atoms with Gasteiger partial charge in [0.1, 0.15) is 5.75 Å². The molecule has 1 aromatic heterocycles. The Morgan fingerprint density at radius 2 is 2.05 bits per heavy atom. The number of benzene rings is 2. The van der Waals surface area contributed by atoms with Gasteiger partial charge in [0.05, 0.1) is 7.11 Å². The smallest absolute Gasteiger partial charge is 0.119 e. The van der Waals surface area contributed by atoms with Gasteiger partial charge in [0.2, 0.25) is 0 Å². The van der Waals surface area contributed by atoms with Crippen LogP contribution in [0.5, 0.6) is 5.75 Å². The van der Waals surface area contributed by atoms with Gasteiger partial charge in [-0.15, -0.1) is 0 Å². The summed E-state index contributed by atoms with van der Waals surface area (Å²) in [5.74, 6) is 0.875. The van der Waals surface area contributed by atoms with Crippen molar-refractivity contribution in [2.45, 2.75) is 13.5 Å². The molecule has 0 aliphatic heterocycles. The summed E-state index contributed by atoms with van der Waals surface area (Å²) in [6.45, 7) is 2.83. The number of aryl methyl sites for hydroxylation is 1. The molecular weight excluding hydrogens is 284 g/mol. The van der Waals surface area contributed by atoms with E-state index in [9.17, 15) is 0 Å². The Balaban J connectivity index is 1.80. The maximum absolute atomic E-state index is 6.00. The van der Waals surface area contributed by atoms with Crippen LogP contribution < -0.4 is 10.1 Å². The predicted molar refractivity (Wildman–Crippen MR) is 88.4 cm³/mol. The molecule has 2 N–H and O–H groups in total. The highest BCUT2D eigenvalue weighted by molar-refractivity contribution is 6.31. The van der Waals surface area contributed by atoms with Crippen LogP contribution in [0.2, 0.25) is 5.02 Å². The molecular formula is C17H17ClN2O. The van der Waals surface area contributed by atoms with E-state index in [1.807, 2.05) is 42.6 Å². The third-order valence-corrected chi connectivity index (χ3v) is 3.87. The minimum Gasteiger partial charge on any atom is -0.497 e. The van der Waals surface area contributed by atoms with Gasteiger partial charge in [-0.1, -0.05) is 17.7 Å². The number of halogens is 1. The Morgan fingerprint density at radius 1 is 1.19 bits per heavy atom. The molecule has 0 saturated carbocycles. The lowest BCUT2D eigenvalue weighted by molar-refractivity contribution is 0.414. The fourth-order valence-corrected chi connectivity index (χ4v) is 2.63. The van der Waals surface area contributed by atoms with Gasteiger partial charge in [0.15, 0.2) is 0 Å². The van der Waals surface area contributed by atoms with E-state index in [2.05, 4.69) is 17.2 Å². The minimum absolute atomic E-state index is 0.745. The van der Waals surface area contributed by atoms with Crippen LogP contribution in [0.1, 0.15) is 11.1 Å². The molecule has 3 aromatic rings. The largest absolute Gasteiger partial charge is 0.497 e. The standard InChI is InChI=1S/C17H17ClN2O/c1-11-7-14(21-2)4-6-16(11)19-9-12-10-20-17-8-13(18)3-5-15(12)17/h3-8,10,19-20H,9H2,1-2H3. The van der Waals surface area contributed by atoms with Gasteiger partial charge >= 0.3 is 0 Å². The Kier molecular flexibility index (Phi) is 3.76. The van der Waals surface area contributed by atoms with E-state index in [1.54, 1.807) is 7.11 Å². The van der Waals surface area contributed by atoms with Crippen molar-refractivity contribution in [3.63, 3.8) is 0 Å². The average Bonchev–Trinajstić information content (AvgIpc) is 2.88. The molecule has 4 heteroatoms. The number of fused-ring (bicyclic) bond motifs is 1. The van der Waals surface area contributed by atoms with Gasteiger partial charge in [-0.25, -0.2) is 0 Å². The molecule has 0 fully saturated rings. The molecule has 0 saturated heterocycles. The lowest BCUT2D eigenvalue weighted by Gasteiger charge is -2.10. The zero-order valence-electron chi connectivity index (χ0n) is 12.0. The van der Waals surface area contributed by atoms with Crippen LogP contribution in [0, 0.1) is 6.92 Å². The van der Waals surface area contributed by atoms with Crippen molar-refractivity contribution < 1.29 is 4.74 Å². The highest BCUT2D eigenvalue weighted by Gasteiger charge is 2.05. The summed E-state index contributed by atoms with van der Waals surface area (Å²) in [4.78, 5) is 3.25. The molecule has 0 unspecified atom stereocenters. The molecule has 1 heterocycles. The first-order valence-electron chi connectivity index (χ1n) is 6.81. The van der Waals surface area contributed by atoms with Crippen molar-refractivity contribution >= 4 is 28.2 Å². The summed E-state index contributed by atoms with van der Waals surface area (Å²) in [5.41, 5.74) is 4.55. The summed E-state index contributed by atoms with van der Waals surface area (Å²) in [7, 11) is 1.68. The molecule has 0 aliphatic carbocycles. The molecule has 0 atom stereocenters. The first-order valence-corrected chi connectivity index (χ1v) is 7.19. The number of anilines is 1. The van der Waals surface area contributed by atoms with Crippen LogP contribution in [0.15, 0.2) is 42.6 Å². The van der Waals surface area contributed by atoms with Crippen molar-refractivity contribution in [2.75, 3.05) is 12.4 Å². The van der Waals surface area contributed by atoms with Gasteiger partial charge in [-0.3, -0.25) is 0 Å². The maximum Gasteiger partial charge on any atom is 0.119 e. The quantitative estimate of drug-likeness (QED) is 0.729. The topological polar surface area (TPSA) is 37.0 Å². The third-order valence-electron chi connectivity index (χ3n) is 3.63. The van der Waals surface area contributed by atoms with E-state index in [1.165, 1.54) is 10.9 Å². The number of nitrogens with one attached hydrogen (secondary N) is 2. The average molecular weight is 301 g/mol. The zero-order chi connectivity index (χ0) is 14.8. The van der Waals surface area contributed by atoms with Gasteiger partial charge in [0.25, 0.3) is 0 Å². The van der Waals surface area contributed by atoms with E-state index in [0.29, 0.717) is 0 Å². The molecule has 2 aromatic carbocycles. The Bertz CT molecular complexity index is 780. The van der Waals surface area contributed by atoms with E-state index in [-0.39, 0.29) is 0 Å². The second kappa shape index (κ2) is 5.70. The van der Waals surface area contributed by atoms with Crippen LogP contribution in [0.4, 0.5) is 5.69 Å². The zero-order valence-corrected chi connectivity index (χ0v) is 12.8. The number of methoxy groups -OCH3 is 1. The molecule has 0 radical (unpaired) electrons. The van der Waals surface area contributed by atoms with Crippen molar-refractivity contribution in [2.24, 2.45) is 0 Å². The molecule has 108 valence electrons. The molecule has 3 rings (SSSR count). The SMILES string of the molecule is COc1ccc(NCc2c[nH]c3cc(Cl)ccc23)c(C)c1. The Hall–Kier alpha value is -2.13. The van der Waals surface area contributed by atoms with Crippen molar-refractivity contribution in [3.8, 4) is 5.75 Å². The molecule has 0 spiro atoms. The fourth-order valence-electron chi connectivity index (χ4n) is 2.46. The summed E-state index contributed by atoms with van der Waals surface area (Å²) < 4.78 is 5.22. The van der Waals surface area contributed by atoms with E-state index in [4.69, 9.17) is 16.3 Å². The van der Waals surface area contributed by atoms with Crippen LogP contribution in [0.25, 0.3) is 10.9 Å². The molecule has 21 heavy (non-hydrogen) atoms. The van der Waals surface area contributed by atoms with Gasteiger partial charge in [-0.05, 0) is 48.4 Å². The molecule has 0 bridgehead atoms. The van der Waals surface area contributed by atoms with E-state index < -0.39 is 0 Å². The van der Waals surface area contributed by atoms with Crippen LogP contribution >= 0.6 is 11.6 Å². The number of aromatic amines is 1. The summed E-state index contributed by atoms with van der Waals surface area (Å²) in [6.07, 6.45) is 2.02. The minimum atomic E-state index is 0.745. The highest BCUT2D eigenvalue weighted by Crippen LogP contribution is 2.25. The van der Waals surface area contributed by atoms with Crippen LogP contribution in [-0.4, -0.2) is 12.1 Å². The summed E-state index contributed by atoms with van der Waals surface area (Å²) >= 11 is 6.00. The number of hydrogen-bond donors (Lipinski definition) is 2. The van der Waals surface area contributed by atoms with E-state index >= 15 is 0 Å². The van der Waals surface area contributed by atoms with Crippen LogP contribution in [-0.2, 0) is 6.54 Å². The van der Waals surface area contributed by atoms with Gasteiger partial charge in [0, 0.05) is 34.4 Å². The first-order chi connectivity index (χ1) is 10.2. The number of ether oxygens (including phenoxy) is 1. The number of hydrogen-bond acceptors (Lipinski definition) is 2. The Labute approximate surface area is 128 Å². The summed E-state index contributed by atoms with van der Waals surface area (Å²) in [6, 6.07) is 11.9. The van der Waals surface area contributed by atoms with Gasteiger partial charge in [-0.2, -0.15) is 0 Å². The maximum atomic E-state index is 6.00. The number of aromatic nitrogens is 1. The van der Waals surface area contributed by atoms with Crippen molar-refractivity contribution in [3.05, 3.63) is 58.7 Å². The third kappa shape index (κ3) is 2.83. The molecule has 0 aliphatic rings. The first kappa shape index (κ1) is 13.8. The predicted octanol–water partition coefficient (Wildman–Crippen LogP) is 4.75. The van der Waals surface area contributed by atoms with Crippen molar-refractivity contribution in [1.29, 1.82) is 0 Å². The van der Waals surface area contributed by atoms with E-state index in [0.717, 1.165) is 34.1 Å².